The van der Waals surface area contributed by atoms with E-state index in [1.54, 1.807) is 0 Å². The van der Waals surface area contributed by atoms with Crippen molar-refractivity contribution in [2.45, 2.75) is 44.9 Å². The van der Waals surface area contributed by atoms with E-state index in [1.165, 1.54) is 0 Å². The lowest BCUT2D eigenvalue weighted by Gasteiger charge is -2.30. The van der Waals surface area contributed by atoms with Crippen molar-refractivity contribution in [1.29, 1.82) is 0 Å². The maximum atomic E-state index is 11.7. The first-order valence-electron chi connectivity index (χ1n) is 5.20. The lowest BCUT2D eigenvalue weighted by Crippen LogP contribution is -2.48. The number of amides is 1. The Balaban J connectivity index is 1.91. The number of nitrogens with zero attached hydrogens (tertiary/aromatic N) is 1. The molecule has 1 saturated heterocycles. The lowest BCUT2D eigenvalue weighted by atomic mass is 10.2. The highest BCUT2D eigenvalue weighted by atomic mass is 16.6. The van der Waals surface area contributed by atoms with E-state index >= 15 is 0 Å². The van der Waals surface area contributed by atoms with Crippen LogP contribution in [0.3, 0.4) is 0 Å². The van der Waals surface area contributed by atoms with E-state index in [2.05, 4.69) is 5.32 Å². The van der Waals surface area contributed by atoms with Crippen LogP contribution < -0.4 is 5.32 Å². The number of rotatable bonds is 0. The predicted molar refractivity (Wildman–Crippen MR) is 53.1 cm³/mol. The molecule has 0 bridgehead atoms. The normalized spacial score (nSPS) is 30.9. The van der Waals surface area contributed by atoms with Gasteiger partial charge in [0.05, 0.1) is 6.04 Å². The van der Waals surface area contributed by atoms with E-state index in [1.807, 2.05) is 25.7 Å². The molecular formula is C10H18N2O2. The monoisotopic (exact) mass is 198 g/mol. The molecule has 0 radical (unpaired) electrons. The predicted octanol–water partition coefficient (Wildman–Crippen LogP) is 0.968. The molecule has 14 heavy (non-hydrogen) atoms. The number of piperazine rings is 1. The number of carbonyl (C=O) groups excluding carboxylic acids is 1. The zero-order chi connectivity index (χ0) is 10.3. The fourth-order valence-electron chi connectivity index (χ4n) is 1.83. The van der Waals surface area contributed by atoms with Gasteiger partial charge >= 0.3 is 6.09 Å². The summed E-state index contributed by atoms with van der Waals surface area (Å²) in [5, 5.41) is 3.35. The second-order valence-electron chi connectivity index (χ2n) is 5.04. The van der Waals surface area contributed by atoms with Gasteiger partial charge in [-0.05, 0) is 27.2 Å². The maximum absolute atomic E-state index is 11.7. The Morgan fingerprint density at radius 2 is 2.21 bits per heavy atom. The minimum Gasteiger partial charge on any atom is -0.444 e. The van der Waals surface area contributed by atoms with Gasteiger partial charge in [-0.15, -0.1) is 0 Å². The molecule has 1 saturated carbocycles. The summed E-state index contributed by atoms with van der Waals surface area (Å²) >= 11 is 0. The van der Waals surface area contributed by atoms with Crippen molar-refractivity contribution >= 4 is 6.09 Å². The average molecular weight is 198 g/mol. The van der Waals surface area contributed by atoms with Gasteiger partial charge in [0.1, 0.15) is 5.60 Å². The summed E-state index contributed by atoms with van der Waals surface area (Å²) in [5.41, 5.74) is -0.383. The highest BCUT2D eigenvalue weighted by Crippen LogP contribution is 2.31. The minimum atomic E-state index is -0.383. The summed E-state index contributed by atoms with van der Waals surface area (Å²) in [6, 6.07) is 0.912. The van der Waals surface area contributed by atoms with Crippen molar-refractivity contribution in [2.75, 3.05) is 13.1 Å². The summed E-state index contributed by atoms with van der Waals surface area (Å²) in [6.07, 6.45) is 0.922. The maximum Gasteiger partial charge on any atom is 0.410 e. The standard InChI is InChI=1S/C10H18N2O2/c1-10(2,3)14-9(13)12-5-4-11-7-6-8(7)12/h7-8,11H,4-6H2,1-3H3. The SMILES string of the molecule is CC(C)(C)OC(=O)N1CCNC2CC21. The van der Waals surface area contributed by atoms with Crippen LogP contribution in [0.2, 0.25) is 0 Å². The Hall–Kier alpha value is -0.770. The van der Waals surface area contributed by atoms with Gasteiger partial charge in [-0.3, -0.25) is 0 Å². The molecule has 0 aromatic carbocycles. The quantitative estimate of drug-likeness (QED) is 0.630. The molecule has 2 atom stereocenters. The molecule has 2 fully saturated rings. The van der Waals surface area contributed by atoms with Crippen molar-refractivity contribution in [3.8, 4) is 0 Å². The summed E-state index contributed by atoms with van der Waals surface area (Å²) in [6.45, 7) is 7.36. The highest BCUT2D eigenvalue weighted by molar-refractivity contribution is 5.69. The molecule has 1 aliphatic heterocycles. The number of hydrogen-bond donors (Lipinski definition) is 1. The van der Waals surface area contributed by atoms with Crippen LogP contribution in [0.5, 0.6) is 0 Å². The largest absolute Gasteiger partial charge is 0.444 e. The number of nitrogens with one attached hydrogen (secondary N) is 1. The smallest absolute Gasteiger partial charge is 0.410 e. The number of carbonyl (C=O) groups is 1. The summed E-state index contributed by atoms with van der Waals surface area (Å²) in [5.74, 6) is 0. The first-order chi connectivity index (χ1) is 6.47. The van der Waals surface area contributed by atoms with E-state index in [0.717, 1.165) is 19.5 Å². The molecule has 1 amide bonds. The molecule has 80 valence electrons. The van der Waals surface area contributed by atoms with Crippen LogP contribution in [0, 0.1) is 0 Å². The first kappa shape index (κ1) is 9.77. The van der Waals surface area contributed by atoms with Crippen LogP contribution >= 0.6 is 0 Å². The van der Waals surface area contributed by atoms with E-state index in [0.29, 0.717) is 12.1 Å². The van der Waals surface area contributed by atoms with E-state index in [9.17, 15) is 4.79 Å². The molecule has 0 aromatic heterocycles. The second-order valence-corrected chi connectivity index (χ2v) is 5.04. The summed E-state index contributed by atoms with van der Waals surface area (Å²) < 4.78 is 5.33. The van der Waals surface area contributed by atoms with Gasteiger partial charge in [0, 0.05) is 19.1 Å². The zero-order valence-electron chi connectivity index (χ0n) is 9.04. The molecule has 4 heteroatoms. The number of hydrogen-bond acceptors (Lipinski definition) is 3. The Labute approximate surface area is 84.6 Å². The Morgan fingerprint density at radius 3 is 2.86 bits per heavy atom. The van der Waals surface area contributed by atoms with Crippen molar-refractivity contribution < 1.29 is 9.53 Å². The fourth-order valence-corrected chi connectivity index (χ4v) is 1.83. The Morgan fingerprint density at radius 1 is 1.50 bits per heavy atom. The zero-order valence-corrected chi connectivity index (χ0v) is 9.04. The van der Waals surface area contributed by atoms with Crippen molar-refractivity contribution in [3.05, 3.63) is 0 Å². The minimum absolute atomic E-state index is 0.161. The van der Waals surface area contributed by atoms with Gasteiger partial charge in [-0.2, -0.15) is 0 Å². The van der Waals surface area contributed by atoms with Gasteiger partial charge in [-0.1, -0.05) is 0 Å². The van der Waals surface area contributed by atoms with Gasteiger partial charge in [0.15, 0.2) is 0 Å². The van der Waals surface area contributed by atoms with Crippen molar-refractivity contribution in [1.82, 2.24) is 10.2 Å². The third kappa shape index (κ3) is 2.00. The Bertz CT molecular complexity index is 247. The summed E-state index contributed by atoms with van der Waals surface area (Å²) in [4.78, 5) is 13.6. The first-order valence-corrected chi connectivity index (χ1v) is 5.20. The Kier molecular flexibility index (Phi) is 2.18. The fraction of sp³-hybridized carbons (Fsp3) is 0.900. The average Bonchev–Trinajstić information content (AvgIpc) is 2.77. The molecule has 4 nitrogen and oxygen atoms in total. The van der Waals surface area contributed by atoms with E-state index in [-0.39, 0.29) is 11.7 Å². The van der Waals surface area contributed by atoms with Gasteiger partial charge in [-0.25, -0.2) is 4.79 Å². The molecule has 1 aliphatic carbocycles. The van der Waals surface area contributed by atoms with Gasteiger partial charge < -0.3 is 15.0 Å². The molecular weight excluding hydrogens is 180 g/mol. The highest BCUT2D eigenvalue weighted by Gasteiger charge is 2.47. The third-order valence-corrected chi connectivity index (χ3v) is 2.54. The molecule has 1 heterocycles. The van der Waals surface area contributed by atoms with E-state index in [4.69, 9.17) is 4.74 Å². The van der Waals surface area contributed by atoms with Crippen LogP contribution in [0.15, 0.2) is 0 Å². The van der Waals surface area contributed by atoms with Crippen molar-refractivity contribution in [3.63, 3.8) is 0 Å². The summed E-state index contributed by atoms with van der Waals surface area (Å²) in [7, 11) is 0. The number of ether oxygens (including phenoxy) is 1. The van der Waals surface area contributed by atoms with Gasteiger partial charge in [0.2, 0.25) is 0 Å². The molecule has 2 aliphatic rings. The third-order valence-electron chi connectivity index (χ3n) is 2.54. The molecule has 0 aromatic rings. The lowest BCUT2D eigenvalue weighted by molar-refractivity contribution is 0.0208. The topological polar surface area (TPSA) is 41.6 Å². The van der Waals surface area contributed by atoms with E-state index < -0.39 is 0 Å². The van der Waals surface area contributed by atoms with Gasteiger partial charge in [0.25, 0.3) is 0 Å². The molecule has 0 spiro atoms. The number of fused-ring (bicyclic) bond motifs is 1. The van der Waals surface area contributed by atoms with Crippen LogP contribution in [0.4, 0.5) is 4.79 Å². The molecule has 2 rings (SSSR count). The van der Waals surface area contributed by atoms with Crippen LogP contribution in [-0.4, -0.2) is 41.8 Å². The van der Waals surface area contributed by atoms with Crippen molar-refractivity contribution in [2.24, 2.45) is 0 Å². The van der Waals surface area contributed by atoms with Crippen LogP contribution in [0.1, 0.15) is 27.2 Å². The van der Waals surface area contributed by atoms with Crippen LogP contribution in [-0.2, 0) is 4.74 Å². The second kappa shape index (κ2) is 3.12. The van der Waals surface area contributed by atoms with Crippen LogP contribution in [0.25, 0.3) is 0 Å². The molecule has 1 N–H and O–H groups in total. The molecule has 2 unspecified atom stereocenters.